The standard InChI is InChI=1S/C15H20Si/c1-12-8-7-9-14(13(12)2)15(3,4)16-10-5-6-11-16/h5-11,16H,1-4H3. The van der Waals surface area contributed by atoms with E-state index < -0.39 is 8.80 Å². The van der Waals surface area contributed by atoms with Gasteiger partial charge in [0.2, 0.25) is 0 Å². The summed E-state index contributed by atoms with van der Waals surface area (Å²) >= 11 is 0. The van der Waals surface area contributed by atoms with Crippen LogP contribution in [0.25, 0.3) is 0 Å². The van der Waals surface area contributed by atoms with Crippen LogP contribution in [-0.2, 0) is 5.04 Å². The van der Waals surface area contributed by atoms with Gasteiger partial charge in [-0.2, -0.15) is 0 Å². The lowest BCUT2D eigenvalue weighted by molar-refractivity contribution is 0.737. The quantitative estimate of drug-likeness (QED) is 0.679. The number of hydrogen-bond donors (Lipinski definition) is 0. The van der Waals surface area contributed by atoms with Crippen molar-refractivity contribution in [2.75, 3.05) is 0 Å². The fraction of sp³-hybridized carbons (Fsp3) is 0.333. The molecule has 1 aromatic carbocycles. The van der Waals surface area contributed by atoms with Gasteiger partial charge in [0.15, 0.2) is 0 Å². The number of benzene rings is 1. The maximum atomic E-state index is 2.43. The smallest absolute Gasteiger partial charge is 0.0927 e. The van der Waals surface area contributed by atoms with Crippen molar-refractivity contribution in [2.24, 2.45) is 0 Å². The van der Waals surface area contributed by atoms with Gasteiger partial charge in [0.1, 0.15) is 0 Å². The number of rotatable bonds is 2. The Morgan fingerprint density at radius 1 is 1.00 bits per heavy atom. The van der Waals surface area contributed by atoms with Crippen molar-refractivity contribution >= 4 is 8.80 Å². The van der Waals surface area contributed by atoms with Crippen LogP contribution in [0.2, 0.25) is 0 Å². The molecule has 0 unspecified atom stereocenters. The van der Waals surface area contributed by atoms with Gasteiger partial charge >= 0.3 is 0 Å². The van der Waals surface area contributed by atoms with E-state index in [1.807, 2.05) is 0 Å². The summed E-state index contributed by atoms with van der Waals surface area (Å²) in [6.45, 7) is 9.25. The molecule has 0 aromatic heterocycles. The van der Waals surface area contributed by atoms with E-state index in [4.69, 9.17) is 0 Å². The van der Waals surface area contributed by atoms with Crippen LogP contribution in [0, 0.1) is 13.8 Å². The second-order valence-electron chi connectivity index (χ2n) is 5.26. The maximum absolute atomic E-state index is 2.43. The Morgan fingerprint density at radius 3 is 2.25 bits per heavy atom. The van der Waals surface area contributed by atoms with Gasteiger partial charge in [-0.25, -0.2) is 0 Å². The number of aryl methyl sites for hydroxylation is 1. The van der Waals surface area contributed by atoms with Crippen LogP contribution in [-0.4, -0.2) is 8.80 Å². The van der Waals surface area contributed by atoms with Crippen molar-refractivity contribution in [1.82, 2.24) is 0 Å². The zero-order valence-corrected chi connectivity index (χ0v) is 11.8. The minimum absolute atomic E-state index is 0.319. The molecule has 1 aliphatic heterocycles. The molecule has 0 bridgehead atoms. The van der Waals surface area contributed by atoms with Gasteiger partial charge in [-0.05, 0) is 35.6 Å². The first-order chi connectivity index (χ1) is 7.53. The fourth-order valence-electron chi connectivity index (χ4n) is 2.54. The Kier molecular flexibility index (Phi) is 2.89. The lowest BCUT2D eigenvalue weighted by Gasteiger charge is -2.31. The van der Waals surface area contributed by atoms with E-state index in [9.17, 15) is 0 Å². The molecule has 16 heavy (non-hydrogen) atoms. The van der Waals surface area contributed by atoms with E-state index in [1.54, 1.807) is 0 Å². The van der Waals surface area contributed by atoms with Crippen molar-refractivity contribution < 1.29 is 0 Å². The monoisotopic (exact) mass is 228 g/mol. The molecule has 0 nitrogen and oxygen atoms in total. The number of hydrogen-bond acceptors (Lipinski definition) is 0. The summed E-state index contributed by atoms with van der Waals surface area (Å²) in [4.78, 5) is 0. The van der Waals surface area contributed by atoms with Crippen LogP contribution in [0.15, 0.2) is 41.7 Å². The molecule has 1 aromatic rings. The molecule has 1 aliphatic rings. The van der Waals surface area contributed by atoms with Gasteiger partial charge in [0.25, 0.3) is 0 Å². The molecule has 0 saturated carbocycles. The summed E-state index contributed by atoms with van der Waals surface area (Å²) in [6, 6.07) is 6.70. The maximum Gasteiger partial charge on any atom is 0.0950 e. The Morgan fingerprint density at radius 2 is 1.62 bits per heavy atom. The fourth-order valence-corrected chi connectivity index (χ4v) is 5.04. The third-order valence-electron chi connectivity index (χ3n) is 3.88. The molecule has 0 radical (unpaired) electrons. The largest absolute Gasteiger partial charge is 0.0950 e. The molecule has 0 N–H and O–H groups in total. The molecule has 0 atom stereocenters. The summed E-state index contributed by atoms with van der Waals surface area (Å²) in [7, 11) is -0.927. The molecule has 2 rings (SSSR count). The van der Waals surface area contributed by atoms with Crippen molar-refractivity contribution in [1.29, 1.82) is 0 Å². The van der Waals surface area contributed by atoms with Gasteiger partial charge in [-0.1, -0.05) is 55.6 Å². The average molecular weight is 228 g/mol. The molecule has 84 valence electrons. The lowest BCUT2D eigenvalue weighted by atomic mass is 9.94. The summed E-state index contributed by atoms with van der Waals surface area (Å²) in [5.41, 5.74) is 9.27. The van der Waals surface area contributed by atoms with Gasteiger partial charge < -0.3 is 0 Å². The second kappa shape index (κ2) is 4.06. The molecular weight excluding hydrogens is 208 g/mol. The molecule has 1 heterocycles. The minimum atomic E-state index is -0.927. The molecule has 0 amide bonds. The minimum Gasteiger partial charge on any atom is -0.0927 e. The SMILES string of the molecule is Cc1cccc(C(C)(C)[SiH]2C=CC=C2)c1C. The first-order valence-corrected chi connectivity index (χ1v) is 7.86. The van der Waals surface area contributed by atoms with Gasteiger partial charge in [-0.15, -0.1) is 0 Å². The zero-order valence-electron chi connectivity index (χ0n) is 10.6. The van der Waals surface area contributed by atoms with Crippen LogP contribution < -0.4 is 0 Å². The Bertz CT molecular complexity index is 441. The van der Waals surface area contributed by atoms with Crippen LogP contribution in [0.3, 0.4) is 0 Å². The van der Waals surface area contributed by atoms with Crippen molar-refractivity contribution in [3.05, 3.63) is 58.4 Å². The highest BCUT2D eigenvalue weighted by Crippen LogP contribution is 2.32. The first-order valence-electron chi connectivity index (χ1n) is 5.95. The van der Waals surface area contributed by atoms with Crippen LogP contribution in [0.4, 0.5) is 0 Å². The van der Waals surface area contributed by atoms with E-state index in [-0.39, 0.29) is 0 Å². The normalized spacial score (nSPS) is 16.0. The Labute approximate surface area is 100 Å². The van der Waals surface area contributed by atoms with E-state index in [1.165, 1.54) is 16.7 Å². The van der Waals surface area contributed by atoms with Crippen LogP contribution in [0.1, 0.15) is 30.5 Å². The molecule has 0 aliphatic carbocycles. The van der Waals surface area contributed by atoms with Gasteiger partial charge in [0, 0.05) is 0 Å². The molecular formula is C15H20Si. The van der Waals surface area contributed by atoms with E-state index in [0.29, 0.717) is 5.04 Å². The molecule has 0 saturated heterocycles. The Hall–Kier alpha value is -1.08. The van der Waals surface area contributed by atoms with E-state index in [0.717, 1.165) is 0 Å². The van der Waals surface area contributed by atoms with Crippen molar-refractivity contribution in [3.8, 4) is 0 Å². The molecule has 0 fully saturated rings. The lowest BCUT2D eigenvalue weighted by Crippen LogP contribution is -2.35. The first kappa shape index (κ1) is 11.4. The average Bonchev–Trinajstić information content (AvgIpc) is 2.75. The van der Waals surface area contributed by atoms with Crippen molar-refractivity contribution in [3.63, 3.8) is 0 Å². The highest BCUT2D eigenvalue weighted by atomic mass is 28.3. The van der Waals surface area contributed by atoms with Crippen molar-refractivity contribution in [2.45, 2.75) is 32.7 Å². The predicted octanol–water partition coefficient (Wildman–Crippen LogP) is 3.55. The highest BCUT2D eigenvalue weighted by Gasteiger charge is 2.31. The topological polar surface area (TPSA) is 0 Å². The van der Waals surface area contributed by atoms with Gasteiger partial charge in [0.05, 0.1) is 8.80 Å². The third kappa shape index (κ3) is 1.80. The highest BCUT2D eigenvalue weighted by molar-refractivity contribution is 6.73. The summed E-state index contributed by atoms with van der Waals surface area (Å²) in [5.74, 6) is 0. The summed E-state index contributed by atoms with van der Waals surface area (Å²) < 4.78 is 0. The third-order valence-corrected chi connectivity index (χ3v) is 7.13. The van der Waals surface area contributed by atoms with Crippen LogP contribution >= 0.6 is 0 Å². The summed E-state index contributed by atoms with van der Waals surface area (Å²) in [6.07, 6.45) is 4.42. The molecule has 0 spiro atoms. The van der Waals surface area contributed by atoms with E-state index in [2.05, 4.69) is 69.4 Å². The number of allylic oxidation sites excluding steroid dienone is 2. The molecule has 1 heteroatoms. The van der Waals surface area contributed by atoms with Crippen LogP contribution in [0.5, 0.6) is 0 Å². The summed E-state index contributed by atoms with van der Waals surface area (Å²) in [5, 5.41) is 0.319. The second-order valence-corrected chi connectivity index (χ2v) is 8.53. The van der Waals surface area contributed by atoms with E-state index >= 15 is 0 Å². The zero-order chi connectivity index (χ0) is 11.8. The Balaban J connectivity index is 2.46. The van der Waals surface area contributed by atoms with Gasteiger partial charge in [-0.3, -0.25) is 0 Å². The predicted molar refractivity (Wildman–Crippen MR) is 74.4 cm³/mol.